The molecule has 8 heteroatoms. The third kappa shape index (κ3) is 3.49. The Hall–Kier alpha value is -2.56. The molecular weight excluding hydrogens is 226 g/mol. The van der Waals surface area contributed by atoms with E-state index in [9.17, 15) is 9.59 Å². The van der Waals surface area contributed by atoms with Crippen LogP contribution in [0.5, 0.6) is 0 Å². The minimum absolute atomic E-state index is 0.101. The summed E-state index contributed by atoms with van der Waals surface area (Å²) in [6.07, 6.45) is 6.31. The summed E-state index contributed by atoms with van der Waals surface area (Å²) in [6.45, 7) is -0.579. The van der Waals surface area contributed by atoms with Gasteiger partial charge in [0.05, 0.1) is 6.54 Å². The number of aliphatic carboxylic acids is 1. The van der Waals surface area contributed by atoms with E-state index in [2.05, 4.69) is 21.3 Å². The van der Waals surface area contributed by atoms with Crippen molar-refractivity contribution in [2.45, 2.75) is 0 Å². The second-order valence-corrected chi connectivity index (χ2v) is 3.09. The van der Waals surface area contributed by atoms with Gasteiger partial charge in [0, 0.05) is 7.05 Å². The second kappa shape index (κ2) is 5.50. The van der Waals surface area contributed by atoms with Crippen molar-refractivity contribution in [3.63, 3.8) is 0 Å². The molecule has 0 aliphatic carbocycles. The lowest BCUT2D eigenvalue weighted by Crippen LogP contribution is -2.39. The number of hydrogen-bond acceptors (Lipinski definition) is 4. The van der Waals surface area contributed by atoms with Gasteiger partial charge in [-0.15, -0.1) is 6.42 Å². The molecule has 1 aromatic heterocycles. The predicted molar refractivity (Wildman–Crippen MR) is 58.1 cm³/mol. The van der Waals surface area contributed by atoms with Crippen LogP contribution in [0.2, 0.25) is 0 Å². The van der Waals surface area contributed by atoms with Crippen LogP contribution in [-0.2, 0) is 11.8 Å². The number of aryl methyl sites for hydroxylation is 1. The Morgan fingerprint density at radius 3 is 2.88 bits per heavy atom. The van der Waals surface area contributed by atoms with Crippen molar-refractivity contribution in [3.05, 3.63) is 6.33 Å². The summed E-state index contributed by atoms with van der Waals surface area (Å²) in [6, 6.07) is -0.638. The Balaban J connectivity index is 2.69. The molecule has 0 unspecified atom stereocenters. The molecule has 8 nitrogen and oxygen atoms in total. The number of carboxylic acid groups (broad SMARTS) is 1. The van der Waals surface area contributed by atoms with Gasteiger partial charge in [0.2, 0.25) is 5.95 Å². The van der Waals surface area contributed by atoms with Crippen molar-refractivity contribution < 1.29 is 14.7 Å². The van der Waals surface area contributed by atoms with E-state index >= 15 is 0 Å². The highest BCUT2D eigenvalue weighted by Gasteiger charge is 2.17. The van der Waals surface area contributed by atoms with Crippen molar-refractivity contribution in [2.24, 2.45) is 7.05 Å². The summed E-state index contributed by atoms with van der Waals surface area (Å²) in [4.78, 5) is 26.9. The van der Waals surface area contributed by atoms with Crippen molar-refractivity contribution in [3.8, 4) is 12.3 Å². The van der Waals surface area contributed by atoms with Gasteiger partial charge >= 0.3 is 12.0 Å². The van der Waals surface area contributed by atoms with Crippen LogP contribution in [0.4, 0.5) is 10.7 Å². The zero-order chi connectivity index (χ0) is 12.8. The van der Waals surface area contributed by atoms with Gasteiger partial charge in [-0.2, -0.15) is 10.1 Å². The average Bonchev–Trinajstić information content (AvgIpc) is 2.63. The Morgan fingerprint density at radius 1 is 1.71 bits per heavy atom. The first-order valence-corrected chi connectivity index (χ1v) is 4.59. The first-order valence-electron chi connectivity index (χ1n) is 4.59. The Bertz CT molecular complexity index is 461. The Kier molecular flexibility index (Phi) is 4.05. The third-order valence-corrected chi connectivity index (χ3v) is 1.83. The van der Waals surface area contributed by atoms with Crippen molar-refractivity contribution in [2.75, 3.05) is 18.4 Å². The van der Waals surface area contributed by atoms with Crippen molar-refractivity contribution >= 4 is 17.9 Å². The summed E-state index contributed by atoms with van der Waals surface area (Å²) in [5.41, 5.74) is 0. The van der Waals surface area contributed by atoms with E-state index in [1.807, 2.05) is 0 Å². The van der Waals surface area contributed by atoms with E-state index in [0.29, 0.717) is 0 Å². The number of anilines is 1. The molecule has 2 N–H and O–H groups in total. The van der Waals surface area contributed by atoms with Crippen LogP contribution in [0.15, 0.2) is 6.33 Å². The lowest BCUT2D eigenvalue weighted by molar-refractivity contribution is -0.137. The lowest BCUT2D eigenvalue weighted by atomic mass is 10.5. The van der Waals surface area contributed by atoms with Crippen molar-refractivity contribution in [1.82, 2.24) is 19.7 Å². The summed E-state index contributed by atoms with van der Waals surface area (Å²) in [5.74, 6) is 1.27. The normalized spacial score (nSPS) is 9.41. The molecule has 0 bridgehead atoms. The topological polar surface area (TPSA) is 100 Å². The van der Waals surface area contributed by atoms with Crippen molar-refractivity contribution in [1.29, 1.82) is 0 Å². The fourth-order valence-electron chi connectivity index (χ4n) is 1.06. The van der Waals surface area contributed by atoms with Gasteiger partial charge in [0.25, 0.3) is 0 Å². The van der Waals surface area contributed by atoms with E-state index in [1.165, 1.54) is 11.0 Å². The molecule has 0 fully saturated rings. The van der Waals surface area contributed by atoms with Gasteiger partial charge in [0.1, 0.15) is 12.9 Å². The molecular formula is C9H11N5O3. The van der Waals surface area contributed by atoms with Crippen LogP contribution in [0.3, 0.4) is 0 Å². The fraction of sp³-hybridized carbons (Fsp3) is 0.333. The predicted octanol–water partition coefficient (Wildman–Crippen LogP) is -0.633. The van der Waals surface area contributed by atoms with Crippen LogP contribution in [0.1, 0.15) is 0 Å². The number of terminal acetylenes is 1. The van der Waals surface area contributed by atoms with Crippen LogP contribution in [0.25, 0.3) is 0 Å². The first kappa shape index (κ1) is 12.5. The van der Waals surface area contributed by atoms with Crippen LogP contribution >= 0.6 is 0 Å². The fourth-order valence-corrected chi connectivity index (χ4v) is 1.06. The molecule has 17 heavy (non-hydrogen) atoms. The molecule has 0 atom stereocenters. The molecule has 0 aromatic carbocycles. The first-order chi connectivity index (χ1) is 8.04. The zero-order valence-electron chi connectivity index (χ0n) is 9.12. The lowest BCUT2D eigenvalue weighted by Gasteiger charge is -2.17. The minimum atomic E-state index is -1.15. The second-order valence-electron chi connectivity index (χ2n) is 3.09. The molecule has 1 aromatic rings. The number of rotatable bonds is 4. The number of hydrogen-bond donors (Lipinski definition) is 2. The van der Waals surface area contributed by atoms with E-state index in [0.717, 1.165) is 4.90 Å². The maximum absolute atomic E-state index is 11.7. The van der Waals surface area contributed by atoms with Gasteiger partial charge in [-0.05, 0) is 0 Å². The highest BCUT2D eigenvalue weighted by molar-refractivity contribution is 5.90. The Morgan fingerprint density at radius 2 is 2.41 bits per heavy atom. The molecule has 90 valence electrons. The summed E-state index contributed by atoms with van der Waals surface area (Å²) < 4.78 is 1.34. The monoisotopic (exact) mass is 237 g/mol. The maximum Gasteiger partial charge on any atom is 0.325 e. The van der Waals surface area contributed by atoms with Gasteiger partial charge in [0.15, 0.2) is 0 Å². The van der Waals surface area contributed by atoms with E-state index in [-0.39, 0.29) is 12.5 Å². The van der Waals surface area contributed by atoms with E-state index in [1.54, 1.807) is 7.05 Å². The van der Waals surface area contributed by atoms with Crippen LogP contribution in [0, 0.1) is 12.3 Å². The van der Waals surface area contributed by atoms with Gasteiger partial charge in [-0.3, -0.25) is 10.1 Å². The maximum atomic E-state index is 11.7. The molecule has 2 amide bonds. The average molecular weight is 237 g/mol. The van der Waals surface area contributed by atoms with E-state index < -0.39 is 18.5 Å². The quantitative estimate of drug-likeness (QED) is 0.679. The smallest absolute Gasteiger partial charge is 0.325 e. The van der Waals surface area contributed by atoms with Gasteiger partial charge < -0.3 is 10.0 Å². The molecule has 1 heterocycles. The number of nitrogens with zero attached hydrogens (tertiary/aromatic N) is 4. The summed E-state index contributed by atoms with van der Waals surface area (Å²) in [5, 5.41) is 14.8. The number of aromatic nitrogens is 3. The van der Waals surface area contributed by atoms with Gasteiger partial charge in [-0.1, -0.05) is 5.92 Å². The molecule has 0 aliphatic rings. The number of nitrogens with one attached hydrogen (secondary N) is 1. The molecule has 0 aliphatic heterocycles. The standard InChI is InChI=1S/C9H11N5O3/c1-3-4-14(5-7(15)16)9(17)12-8-10-6-11-13(8)2/h1,6H,4-5H2,2H3,(H,15,16)(H,10,11,12,17). The molecule has 0 radical (unpaired) electrons. The largest absolute Gasteiger partial charge is 0.480 e. The number of urea groups is 1. The highest BCUT2D eigenvalue weighted by atomic mass is 16.4. The van der Waals surface area contributed by atoms with E-state index in [4.69, 9.17) is 11.5 Å². The zero-order valence-corrected chi connectivity index (χ0v) is 9.12. The Labute approximate surface area is 97.2 Å². The number of carbonyl (C=O) groups excluding carboxylic acids is 1. The molecule has 0 saturated carbocycles. The molecule has 0 saturated heterocycles. The number of carboxylic acids is 1. The van der Waals surface area contributed by atoms with Crippen LogP contribution in [-0.4, -0.2) is 49.9 Å². The third-order valence-electron chi connectivity index (χ3n) is 1.83. The minimum Gasteiger partial charge on any atom is -0.480 e. The SMILES string of the molecule is C#CCN(CC(=O)O)C(=O)Nc1ncnn1C. The molecule has 0 spiro atoms. The van der Waals surface area contributed by atoms with Gasteiger partial charge in [-0.25, -0.2) is 9.48 Å². The summed E-state index contributed by atoms with van der Waals surface area (Å²) in [7, 11) is 1.59. The highest BCUT2D eigenvalue weighted by Crippen LogP contribution is 2.00. The summed E-state index contributed by atoms with van der Waals surface area (Å²) >= 11 is 0. The van der Waals surface area contributed by atoms with Crippen LogP contribution < -0.4 is 5.32 Å². The number of amides is 2. The molecule has 1 rings (SSSR count). The number of carbonyl (C=O) groups is 2.